The molecule has 0 aliphatic heterocycles. The minimum Gasteiger partial charge on any atom is -0.241 e. The average Bonchev–Trinajstić information content (AvgIpc) is 2.07. The molecule has 0 aliphatic carbocycles. The molecule has 0 atom stereocenters. The molecule has 1 heterocycles. The van der Waals surface area contributed by atoms with E-state index >= 15 is 0 Å². The van der Waals surface area contributed by atoms with Crippen molar-refractivity contribution in [3.8, 4) is 0 Å². The molecule has 0 unspecified atom stereocenters. The van der Waals surface area contributed by atoms with Crippen LogP contribution in [0.4, 0.5) is 0 Å². The fraction of sp³-hybridized carbons (Fsp3) is 0.600. The molecule has 0 radical (unpaired) electrons. The highest BCUT2D eigenvalue weighted by atomic mass is 14.9. The van der Waals surface area contributed by atoms with Gasteiger partial charge < -0.3 is 0 Å². The zero-order chi connectivity index (χ0) is 8.97. The summed E-state index contributed by atoms with van der Waals surface area (Å²) in [5, 5.41) is 0. The second-order valence-corrected chi connectivity index (χ2v) is 3.16. The van der Waals surface area contributed by atoms with Crippen LogP contribution in [0.15, 0.2) is 6.20 Å². The van der Waals surface area contributed by atoms with Crippen LogP contribution in [-0.2, 0) is 6.42 Å². The van der Waals surface area contributed by atoms with Crippen LogP contribution >= 0.6 is 0 Å². The Balaban J connectivity index is 2.69. The molecule has 0 aliphatic rings. The molecule has 2 heteroatoms. The van der Waals surface area contributed by atoms with Crippen LogP contribution in [0.2, 0.25) is 0 Å². The first-order chi connectivity index (χ1) is 5.74. The van der Waals surface area contributed by atoms with Gasteiger partial charge in [-0.25, -0.2) is 9.97 Å². The van der Waals surface area contributed by atoms with Gasteiger partial charge in [0.15, 0.2) is 0 Å². The Labute approximate surface area is 74.1 Å². The number of unbranched alkanes of at least 4 members (excludes halogenated alkanes) is 1. The van der Waals surface area contributed by atoms with Gasteiger partial charge in [0.2, 0.25) is 0 Å². The van der Waals surface area contributed by atoms with Crippen molar-refractivity contribution in [1.29, 1.82) is 0 Å². The van der Waals surface area contributed by atoms with E-state index in [2.05, 4.69) is 16.9 Å². The van der Waals surface area contributed by atoms with E-state index in [4.69, 9.17) is 0 Å². The Hall–Kier alpha value is -0.920. The highest BCUT2D eigenvalue weighted by Crippen LogP contribution is 2.04. The summed E-state index contributed by atoms with van der Waals surface area (Å²) in [5.41, 5.74) is 2.28. The van der Waals surface area contributed by atoms with Crippen LogP contribution in [0, 0.1) is 13.8 Å². The number of hydrogen-bond donors (Lipinski definition) is 0. The predicted octanol–water partition coefficient (Wildman–Crippen LogP) is 2.44. The van der Waals surface area contributed by atoms with Crippen LogP contribution in [0.1, 0.15) is 36.8 Å². The maximum Gasteiger partial charge on any atom is 0.128 e. The zero-order valence-electron chi connectivity index (χ0n) is 8.09. The molecule has 0 spiro atoms. The lowest BCUT2D eigenvalue weighted by Gasteiger charge is -2.01. The van der Waals surface area contributed by atoms with E-state index in [1.165, 1.54) is 18.4 Å². The summed E-state index contributed by atoms with van der Waals surface area (Å²) in [6.45, 7) is 6.26. The number of aryl methyl sites for hydroxylation is 3. The summed E-state index contributed by atoms with van der Waals surface area (Å²) in [5.74, 6) is 0.986. The lowest BCUT2D eigenvalue weighted by atomic mass is 10.2. The van der Waals surface area contributed by atoms with Crippen LogP contribution in [0.25, 0.3) is 0 Å². The third-order valence-corrected chi connectivity index (χ3v) is 2.03. The van der Waals surface area contributed by atoms with Gasteiger partial charge in [-0.1, -0.05) is 13.3 Å². The molecular formula is C10H16N2. The van der Waals surface area contributed by atoms with Gasteiger partial charge in [0.05, 0.1) is 0 Å². The summed E-state index contributed by atoms with van der Waals surface area (Å²) in [6.07, 6.45) is 5.31. The van der Waals surface area contributed by atoms with Crippen LogP contribution in [0.3, 0.4) is 0 Å². The van der Waals surface area contributed by atoms with Crippen molar-refractivity contribution in [2.75, 3.05) is 0 Å². The minimum atomic E-state index is 0.986. The van der Waals surface area contributed by atoms with Crippen molar-refractivity contribution in [3.05, 3.63) is 23.3 Å². The number of rotatable bonds is 3. The molecule has 0 saturated heterocycles. The molecule has 0 N–H and O–H groups in total. The van der Waals surface area contributed by atoms with Crippen molar-refractivity contribution < 1.29 is 0 Å². The maximum atomic E-state index is 4.40. The standard InChI is InChI=1S/C10H16N2/c1-4-5-6-10-11-7-8(2)9(3)12-10/h7H,4-6H2,1-3H3. The first-order valence-electron chi connectivity index (χ1n) is 4.53. The summed E-state index contributed by atoms with van der Waals surface area (Å²) in [6, 6.07) is 0. The maximum absolute atomic E-state index is 4.40. The van der Waals surface area contributed by atoms with Crippen LogP contribution in [-0.4, -0.2) is 9.97 Å². The molecule has 0 amide bonds. The first-order valence-corrected chi connectivity index (χ1v) is 4.53. The van der Waals surface area contributed by atoms with Gasteiger partial charge in [-0.15, -0.1) is 0 Å². The molecule has 66 valence electrons. The van der Waals surface area contributed by atoms with Gasteiger partial charge in [0.1, 0.15) is 5.82 Å². The van der Waals surface area contributed by atoms with Gasteiger partial charge >= 0.3 is 0 Å². The van der Waals surface area contributed by atoms with Gasteiger partial charge in [-0.3, -0.25) is 0 Å². The third kappa shape index (κ3) is 2.29. The van der Waals surface area contributed by atoms with Gasteiger partial charge in [0.25, 0.3) is 0 Å². The smallest absolute Gasteiger partial charge is 0.128 e. The van der Waals surface area contributed by atoms with Gasteiger partial charge in [0, 0.05) is 18.3 Å². The van der Waals surface area contributed by atoms with E-state index in [0.29, 0.717) is 0 Å². The summed E-state index contributed by atoms with van der Waals surface area (Å²) in [7, 11) is 0. The largest absolute Gasteiger partial charge is 0.241 e. The van der Waals surface area contributed by atoms with E-state index in [0.717, 1.165) is 17.9 Å². The molecule has 1 rings (SSSR count). The minimum absolute atomic E-state index is 0.986. The second-order valence-electron chi connectivity index (χ2n) is 3.16. The van der Waals surface area contributed by atoms with Crippen LogP contribution in [0.5, 0.6) is 0 Å². The Kier molecular flexibility index (Phi) is 3.20. The van der Waals surface area contributed by atoms with Gasteiger partial charge in [-0.2, -0.15) is 0 Å². The zero-order valence-corrected chi connectivity index (χ0v) is 8.09. The molecule has 0 saturated carbocycles. The second kappa shape index (κ2) is 4.19. The highest BCUT2D eigenvalue weighted by molar-refractivity contribution is 5.13. The molecule has 1 aromatic rings. The number of aromatic nitrogens is 2. The van der Waals surface area contributed by atoms with Crippen molar-refractivity contribution in [2.45, 2.75) is 40.0 Å². The lowest BCUT2D eigenvalue weighted by molar-refractivity contribution is 0.745. The van der Waals surface area contributed by atoms with Crippen LogP contribution < -0.4 is 0 Å². The molecule has 1 aromatic heterocycles. The summed E-state index contributed by atoms with van der Waals surface area (Å²) >= 11 is 0. The molecule has 0 bridgehead atoms. The van der Waals surface area contributed by atoms with Crippen molar-refractivity contribution in [2.24, 2.45) is 0 Å². The summed E-state index contributed by atoms with van der Waals surface area (Å²) < 4.78 is 0. The van der Waals surface area contributed by atoms with E-state index in [-0.39, 0.29) is 0 Å². The van der Waals surface area contributed by atoms with Crippen molar-refractivity contribution in [1.82, 2.24) is 9.97 Å². The number of nitrogens with zero attached hydrogens (tertiary/aromatic N) is 2. The average molecular weight is 164 g/mol. The topological polar surface area (TPSA) is 25.8 Å². The Bertz CT molecular complexity index is 256. The van der Waals surface area contributed by atoms with E-state index in [1.807, 2.05) is 20.0 Å². The quantitative estimate of drug-likeness (QED) is 0.685. The summed E-state index contributed by atoms with van der Waals surface area (Å²) in [4.78, 5) is 8.66. The molecule has 12 heavy (non-hydrogen) atoms. The lowest BCUT2D eigenvalue weighted by Crippen LogP contribution is -1.98. The Morgan fingerprint density at radius 2 is 2.08 bits per heavy atom. The number of hydrogen-bond acceptors (Lipinski definition) is 2. The normalized spacial score (nSPS) is 10.2. The Morgan fingerprint density at radius 3 is 2.67 bits per heavy atom. The molecule has 2 nitrogen and oxygen atoms in total. The van der Waals surface area contributed by atoms with E-state index in [1.54, 1.807) is 0 Å². The molecular weight excluding hydrogens is 148 g/mol. The van der Waals surface area contributed by atoms with E-state index < -0.39 is 0 Å². The fourth-order valence-electron chi connectivity index (χ4n) is 1.03. The Morgan fingerprint density at radius 1 is 1.33 bits per heavy atom. The predicted molar refractivity (Wildman–Crippen MR) is 50.1 cm³/mol. The fourth-order valence-corrected chi connectivity index (χ4v) is 1.03. The van der Waals surface area contributed by atoms with E-state index in [9.17, 15) is 0 Å². The highest BCUT2D eigenvalue weighted by Gasteiger charge is 1.98. The van der Waals surface area contributed by atoms with Crippen molar-refractivity contribution in [3.63, 3.8) is 0 Å². The molecule has 0 fully saturated rings. The van der Waals surface area contributed by atoms with Crippen molar-refractivity contribution >= 4 is 0 Å². The van der Waals surface area contributed by atoms with Gasteiger partial charge in [-0.05, 0) is 25.8 Å². The molecule has 0 aromatic carbocycles. The monoisotopic (exact) mass is 164 g/mol. The third-order valence-electron chi connectivity index (χ3n) is 2.03. The first kappa shape index (κ1) is 9.17. The SMILES string of the molecule is CCCCc1ncc(C)c(C)n1.